The van der Waals surface area contributed by atoms with Gasteiger partial charge >= 0.3 is 18.0 Å². The Kier molecular flexibility index (Phi) is 8.18. The second-order valence-electron chi connectivity index (χ2n) is 9.55. The molecule has 0 spiro atoms. The van der Waals surface area contributed by atoms with Crippen molar-refractivity contribution < 1.29 is 24.3 Å². The maximum atomic E-state index is 13.0. The van der Waals surface area contributed by atoms with Crippen LogP contribution in [0, 0.1) is 5.92 Å². The van der Waals surface area contributed by atoms with Crippen LogP contribution in [-0.4, -0.2) is 143 Å². The van der Waals surface area contributed by atoms with Crippen LogP contribution in [0.25, 0.3) is 0 Å². The summed E-state index contributed by atoms with van der Waals surface area (Å²) >= 11 is 0. The van der Waals surface area contributed by atoms with Crippen molar-refractivity contribution in [3.05, 3.63) is 0 Å². The standard InChI is InChI=1S/C22H36N10O5/c23-19(24)25-4-1-3-15-16(18(34)35)32(17(15)33)22(37)31-13-11-30(12-14-31)21(36)29-9-7-28(8-10-29)20-26-5-2-6-27-20/h15-16H,1-14H2,(H,26,27)(H,34,35)(H4,23,24,25)/t15-,16+/m1/s1. The topological polar surface area (TPSA) is 194 Å². The van der Waals surface area contributed by atoms with Crippen molar-refractivity contribution in [2.45, 2.75) is 25.3 Å². The Morgan fingerprint density at radius 1 is 0.973 bits per heavy atom. The summed E-state index contributed by atoms with van der Waals surface area (Å²) in [6.45, 7) is 5.71. The van der Waals surface area contributed by atoms with Gasteiger partial charge in [-0.1, -0.05) is 0 Å². The zero-order valence-corrected chi connectivity index (χ0v) is 20.9. The zero-order chi connectivity index (χ0) is 26.5. The number of β-lactam (4-membered cyclic amide) rings is 1. The number of nitrogens with one attached hydrogen (secondary N) is 1. The normalized spacial score (nSPS) is 24.2. The maximum Gasteiger partial charge on any atom is 0.327 e. The highest BCUT2D eigenvalue weighted by Crippen LogP contribution is 2.32. The fraction of sp³-hybridized carbons (Fsp3) is 0.727. The number of piperazine rings is 2. The van der Waals surface area contributed by atoms with Gasteiger partial charge in [0, 0.05) is 72.0 Å². The second kappa shape index (κ2) is 11.5. The zero-order valence-electron chi connectivity index (χ0n) is 20.9. The van der Waals surface area contributed by atoms with Crippen LogP contribution in [0.5, 0.6) is 0 Å². The van der Waals surface area contributed by atoms with Crippen molar-refractivity contribution in [1.82, 2.24) is 29.8 Å². The third-order valence-electron chi connectivity index (χ3n) is 7.19. The number of nitrogens with zero attached hydrogens (tertiary/aromatic N) is 7. The number of amides is 5. The van der Waals surface area contributed by atoms with Gasteiger partial charge in [0.05, 0.1) is 5.92 Å². The lowest BCUT2D eigenvalue weighted by molar-refractivity contribution is -0.167. The molecule has 2 atom stereocenters. The first-order valence-electron chi connectivity index (χ1n) is 12.7. The van der Waals surface area contributed by atoms with Crippen LogP contribution < -0.4 is 16.8 Å². The number of carboxylic acids is 1. The number of hydrogen-bond donors (Lipinski definition) is 4. The summed E-state index contributed by atoms with van der Waals surface area (Å²) in [5, 5.41) is 12.9. The highest BCUT2D eigenvalue weighted by atomic mass is 16.4. The van der Waals surface area contributed by atoms with E-state index in [2.05, 4.69) is 20.2 Å². The molecule has 0 saturated carbocycles. The molecular formula is C22H36N10O5. The molecule has 4 heterocycles. The van der Waals surface area contributed by atoms with Crippen molar-refractivity contribution >= 4 is 35.9 Å². The molecule has 6 N–H and O–H groups in total. The highest BCUT2D eigenvalue weighted by Gasteiger charge is 2.55. The van der Waals surface area contributed by atoms with Gasteiger partial charge in [0.25, 0.3) is 0 Å². The molecule has 0 aromatic carbocycles. The van der Waals surface area contributed by atoms with Crippen LogP contribution in [-0.2, 0) is 9.59 Å². The lowest BCUT2D eigenvalue weighted by Gasteiger charge is -2.46. The Hall–Kier alpha value is -3.78. The average molecular weight is 521 g/mol. The second-order valence-corrected chi connectivity index (χ2v) is 9.55. The third-order valence-corrected chi connectivity index (χ3v) is 7.19. The average Bonchev–Trinajstić information content (AvgIpc) is 2.91. The maximum absolute atomic E-state index is 13.0. The number of hydrogen-bond acceptors (Lipinski definition) is 8. The van der Waals surface area contributed by atoms with E-state index in [1.54, 1.807) is 4.90 Å². The number of guanidine groups is 2. The quantitative estimate of drug-likeness (QED) is 0.134. The number of nitrogens with two attached hydrogens (primary N) is 2. The van der Waals surface area contributed by atoms with Gasteiger partial charge < -0.3 is 41.5 Å². The minimum atomic E-state index is -1.22. The monoisotopic (exact) mass is 520 g/mol. The minimum absolute atomic E-state index is 0.0712. The molecule has 4 rings (SSSR count). The van der Waals surface area contributed by atoms with Crippen molar-refractivity contribution in [2.24, 2.45) is 27.4 Å². The summed E-state index contributed by atoms with van der Waals surface area (Å²) in [6, 6.07) is -1.91. The number of likely N-dealkylation sites (tertiary alicyclic amines) is 1. The first kappa shape index (κ1) is 26.3. The number of imide groups is 1. The molecule has 5 amide bonds. The molecule has 0 bridgehead atoms. The summed E-state index contributed by atoms with van der Waals surface area (Å²) in [5.41, 5.74) is 10.6. The number of carboxylic acid groups (broad SMARTS) is 1. The van der Waals surface area contributed by atoms with E-state index in [4.69, 9.17) is 11.5 Å². The summed E-state index contributed by atoms with van der Waals surface area (Å²) in [4.78, 5) is 66.8. The van der Waals surface area contributed by atoms with Crippen molar-refractivity contribution in [3.8, 4) is 0 Å². The Balaban J connectivity index is 1.24. The van der Waals surface area contributed by atoms with Gasteiger partial charge in [-0.3, -0.25) is 14.8 Å². The van der Waals surface area contributed by atoms with E-state index in [9.17, 15) is 24.3 Å². The lowest BCUT2D eigenvalue weighted by Crippen LogP contribution is -2.69. The number of carbonyl (C=O) groups is 4. The molecular weight excluding hydrogens is 484 g/mol. The Bertz CT molecular complexity index is 951. The Morgan fingerprint density at radius 3 is 2.11 bits per heavy atom. The van der Waals surface area contributed by atoms with Crippen LogP contribution in [0.3, 0.4) is 0 Å². The van der Waals surface area contributed by atoms with Crippen molar-refractivity contribution in [1.29, 1.82) is 0 Å². The lowest BCUT2D eigenvalue weighted by atomic mass is 9.84. The summed E-state index contributed by atoms with van der Waals surface area (Å²) < 4.78 is 0. The van der Waals surface area contributed by atoms with E-state index in [0.717, 1.165) is 30.4 Å². The van der Waals surface area contributed by atoms with Crippen LogP contribution in [0.1, 0.15) is 19.3 Å². The van der Waals surface area contributed by atoms with E-state index < -0.39 is 29.9 Å². The van der Waals surface area contributed by atoms with Crippen LogP contribution in [0.2, 0.25) is 0 Å². The third kappa shape index (κ3) is 5.80. The highest BCUT2D eigenvalue weighted by molar-refractivity contribution is 6.07. The smallest absolute Gasteiger partial charge is 0.327 e. The van der Waals surface area contributed by atoms with Crippen molar-refractivity contribution in [2.75, 3.05) is 72.0 Å². The number of aliphatic carboxylic acids is 1. The minimum Gasteiger partial charge on any atom is -0.480 e. The molecule has 37 heavy (non-hydrogen) atoms. The van der Waals surface area contributed by atoms with Crippen LogP contribution in [0.4, 0.5) is 9.59 Å². The molecule has 204 valence electrons. The first-order valence-corrected chi connectivity index (χ1v) is 12.7. The van der Waals surface area contributed by atoms with E-state index >= 15 is 0 Å². The largest absolute Gasteiger partial charge is 0.480 e. The fourth-order valence-electron chi connectivity index (χ4n) is 5.13. The van der Waals surface area contributed by atoms with E-state index in [0.29, 0.717) is 45.7 Å². The Labute approximate surface area is 215 Å². The first-order chi connectivity index (χ1) is 17.8. The van der Waals surface area contributed by atoms with Crippen molar-refractivity contribution in [3.63, 3.8) is 0 Å². The predicted octanol–water partition coefficient (Wildman–Crippen LogP) is -2.22. The van der Waals surface area contributed by atoms with Gasteiger partial charge in [-0.25, -0.2) is 19.3 Å². The number of carbonyl (C=O) groups excluding carboxylic acids is 3. The molecule has 15 heteroatoms. The van der Waals surface area contributed by atoms with E-state index in [1.165, 1.54) is 4.90 Å². The number of aliphatic imine (C=N–C) groups is 2. The molecule has 4 aliphatic heterocycles. The summed E-state index contributed by atoms with van der Waals surface area (Å²) in [5.74, 6) is -1.68. The van der Waals surface area contributed by atoms with Gasteiger partial charge in [0.15, 0.2) is 18.0 Å². The van der Waals surface area contributed by atoms with E-state index in [-0.39, 0.29) is 38.0 Å². The van der Waals surface area contributed by atoms with Gasteiger partial charge in [-0.2, -0.15) is 0 Å². The molecule has 0 unspecified atom stereocenters. The van der Waals surface area contributed by atoms with Gasteiger partial charge in [0.1, 0.15) is 0 Å². The SMILES string of the molecule is NC(N)=NCCC[C@H]1C(=O)N(C(=O)N2CCN(C(=O)N3CCN(C4=NCCCN4)CC3)CC2)[C@@H]1C(=O)O. The predicted molar refractivity (Wildman–Crippen MR) is 134 cm³/mol. The molecule has 0 radical (unpaired) electrons. The molecule has 3 fully saturated rings. The van der Waals surface area contributed by atoms with Crippen LogP contribution >= 0.6 is 0 Å². The molecule has 0 aromatic rings. The molecule has 4 aliphatic rings. The molecule has 15 nitrogen and oxygen atoms in total. The van der Waals surface area contributed by atoms with E-state index in [1.807, 2.05) is 4.90 Å². The Morgan fingerprint density at radius 2 is 1.57 bits per heavy atom. The number of urea groups is 2. The fourth-order valence-corrected chi connectivity index (χ4v) is 5.13. The number of rotatable bonds is 5. The summed E-state index contributed by atoms with van der Waals surface area (Å²) in [7, 11) is 0. The van der Waals surface area contributed by atoms with Crippen LogP contribution in [0.15, 0.2) is 9.98 Å². The van der Waals surface area contributed by atoms with Gasteiger partial charge in [0.2, 0.25) is 5.91 Å². The van der Waals surface area contributed by atoms with Gasteiger partial charge in [-0.05, 0) is 19.3 Å². The molecule has 0 aliphatic carbocycles. The summed E-state index contributed by atoms with van der Waals surface area (Å²) in [6.07, 6.45) is 1.73. The molecule has 0 aromatic heterocycles. The molecule has 3 saturated heterocycles. The van der Waals surface area contributed by atoms with Gasteiger partial charge in [-0.15, -0.1) is 0 Å².